The van der Waals surface area contributed by atoms with E-state index in [2.05, 4.69) is 20.1 Å². The molecule has 0 amide bonds. The molecule has 126 valence electrons. The molecule has 2 heterocycles. The number of aryl methyl sites for hydroxylation is 1. The first-order chi connectivity index (χ1) is 11.6. The summed E-state index contributed by atoms with van der Waals surface area (Å²) in [5, 5.41) is 16.4. The van der Waals surface area contributed by atoms with Crippen molar-refractivity contribution in [3.63, 3.8) is 0 Å². The molecule has 0 aliphatic carbocycles. The number of carboxylic acid groups (broad SMARTS) is 1. The van der Waals surface area contributed by atoms with Gasteiger partial charge in [-0.25, -0.2) is 9.78 Å². The molecule has 8 heteroatoms. The normalized spacial score (nSPS) is 15.5. The minimum absolute atomic E-state index is 0.174. The highest BCUT2D eigenvalue weighted by molar-refractivity contribution is 8.04. The number of H-pyrrole nitrogens is 1. The molecule has 0 saturated carbocycles. The lowest BCUT2D eigenvalue weighted by molar-refractivity contribution is -0.131. The molecule has 0 atom stereocenters. The van der Waals surface area contributed by atoms with Crippen LogP contribution >= 0.6 is 11.8 Å². The van der Waals surface area contributed by atoms with E-state index in [1.165, 1.54) is 0 Å². The van der Waals surface area contributed by atoms with E-state index in [0.29, 0.717) is 11.0 Å². The van der Waals surface area contributed by atoms with Crippen LogP contribution in [0.25, 0.3) is 6.08 Å². The summed E-state index contributed by atoms with van der Waals surface area (Å²) in [6.45, 7) is 4.98. The van der Waals surface area contributed by atoms with Gasteiger partial charge in [-0.15, -0.1) is 5.10 Å². The molecule has 2 N–H and O–H groups in total. The predicted molar refractivity (Wildman–Crippen MR) is 92.1 cm³/mol. The van der Waals surface area contributed by atoms with Gasteiger partial charge in [0.05, 0.1) is 13.2 Å². The van der Waals surface area contributed by atoms with Crippen LogP contribution in [-0.4, -0.2) is 52.6 Å². The van der Waals surface area contributed by atoms with Gasteiger partial charge in [-0.2, -0.15) is 0 Å². The highest BCUT2D eigenvalue weighted by Crippen LogP contribution is 2.26. The standard InChI is InChI=1S/C16H18N4O3S/c1-11-17-16(19-18-11)24-14(15(21)22)10-12-2-4-13(5-3-12)20-6-8-23-9-7-20/h2-5,10H,6-9H2,1H3,(H,21,22)(H,17,18,19)/b14-10+. The van der Waals surface area contributed by atoms with Crippen molar-refractivity contribution in [2.75, 3.05) is 31.2 Å². The number of benzene rings is 1. The number of thioether (sulfide) groups is 1. The highest BCUT2D eigenvalue weighted by atomic mass is 32.2. The number of hydrogen-bond acceptors (Lipinski definition) is 6. The number of nitrogens with one attached hydrogen (secondary N) is 1. The predicted octanol–water partition coefficient (Wildman–Crippen LogP) is 2.17. The molecule has 0 bridgehead atoms. The number of aromatic amines is 1. The monoisotopic (exact) mass is 346 g/mol. The smallest absolute Gasteiger partial charge is 0.342 e. The summed E-state index contributed by atoms with van der Waals surface area (Å²) < 4.78 is 5.35. The van der Waals surface area contributed by atoms with Crippen molar-refractivity contribution in [3.8, 4) is 0 Å². The lowest BCUT2D eigenvalue weighted by Gasteiger charge is -2.28. The average molecular weight is 346 g/mol. The van der Waals surface area contributed by atoms with E-state index in [4.69, 9.17) is 4.74 Å². The van der Waals surface area contributed by atoms with Crippen LogP contribution in [-0.2, 0) is 9.53 Å². The van der Waals surface area contributed by atoms with Gasteiger partial charge in [0, 0.05) is 18.8 Å². The van der Waals surface area contributed by atoms with Gasteiger partial charge in [0.2, 0.25) is 5.16 Å². The van der Waals surface area contributed by atoms with Crippen LogP contribution < -0.4 is 4.90 Å². The van der Waals surface area contributed by atoms with Gasteiger partial charge < -0.3 is 14.7 Å². The SMILES string of the molecule is Cc1nc(S/C(=C/c2ccc(N3CCOCC3)cc2)C(=O)O)n[nH]1. The van der Waals surface area contributed by atoms with Crippen LogP contribution in [0.2, 0.25) is 0 Å². The number of carboxylic acids is 1. The molecule has 3 rings (SSSR count). The molecule has 0 unspecified atom stereocenters. The molecule has 0 spiro atoms. The van der Waals surface area contributed by atoms with Gasteiger partial charge in [-0.05, 0) is 42.5 Å². The Morgan fingerprint density at radius 1 is 1.33 bits per heavy atom. The molecule has 1 aromatic carbocycles. The van der Waals surface area contributed by atoms with Crippen LogP contribution in [0.3, 0.4) is 0 Å². The summed E-state index contributed by atoms with van der Waals surface area (Å²) in [5.41, 5.74) is 1.94. The zero-order valence-electron chi connectivity index (χ0n) is 13.2. The van der Waals surface area contributed by atoms with Gasteiger partial charge in [0.15, 0.2) is 0 Å². The summed E-state index contributed by atoms with van der Waals surface area (Å²) in [7, 11) is 0. The van der Waals surface area contributed by atoms with Crippen molar-refractivity contribution in [1.29, 1.82) is 0 Å². The number of morpholine rings is 1. The largest absolute Gasteiger partial charge is 0.477 e. The molecule has 0 radical (unpaired) electrons. The fourth-order valence-corrected chi connectivity index (χ4v) is 3.11. The number of anilines is 1. The first-order valence-corrected chi connectivity index (χ1v) is 8.38. The molecular weight excluding hydrogens is 328 g/mol. The Morgan fingerprint density at radius 3 is 2.62 bits per heavy atom. The van der Waals surface area contributed by atoms with E-state index in [9.17, 15) is 9.90 Å². The molecule has 1 aliphatic rings. The number of nitrogens with zero attached hydrogens (tertiary/aromatic N) is 3. The van der Waals surface area contributed by atoms with E-state index in [1.807, 2.05) is 24.3 Å². The number of aliphatic carboxylic acids is 1. The Morgan fingerprint density at radius 2 is 2.04 bits per heavy atom. The highest BCUT2D eigenvalue weighted by Gasteiger charge is 2.14. The summed E-state index contributed by atoms with van der Waals surface area (Å²) in [6.07, 6.45) is 1.63. The first kappa shape index (κ1) is 16.5. The molecule has 1 aliphatic heterocycles. The third kappa shape index (κ3) is 4.15. The van der Waals surface area contributed by atoms with E-state index in [-0.39, 0.29) is 4.91 Å². The Balaban J connectivity index is 1.75. The topological polar surface area (TPSA) is 91.3 Å². The van der Waals surface area contributed by atoms with Crippen LogP contribution in [0.4, 0.5) is 5.69 Å². The van der Waals surface area contributed by atoms with Gasteiger partial charge in [-0.3, -0.25) is 5.10 Å². The second kappa shape index (κ2) is 7.50. The molecule has 7 nitrogen and oxygen atoms in total. The Labute approximate surface area is 143 Å². The minimum atomic E-state index is -1.00. The van der Waals surface area contributed by atoms with Crippen molar-refractivity contribution in [1.82, 2.24) is 15.2 Å². The maximum absolute atomic E-state index is 11.5. The average Bonchev–Trinajstić information content (AvgIpc) is 3.01. The zero-order chi connectivity index (χ0) is 16.9. The van der Waals surface area contributed by atoms with Crippen molar-refractivity contribution >= 4 is 29.5 Å². The fraction of sp³-hybridized carbons (Fsp3) is 0.312. The van der Waals surface area contributed by atoms with Crippen LogP contribution in [0, 0.1) is 6.92 Å². The van der Waals surface area contributed by atoms with Crippen molar-refractivity contribution < 1.29 is 14.6 Å². The Bertz CT molecular complexity index is 736. The van der Waals surface area contributed by atoms with Crippen molar-refractivity contribution in [3.05, 3.63) is 40.6 Å². The number of ether oxygens (including phenoxy) is 1. The molecule has 24 heavy (non-hydrogen) atoms. The molecule has 2 aromatic rings. The molecule has 1 saturated heterocycles. The minimum Gasteiger partial charge on any atom is -0.477 e. The van der Waals surface area contributed by atoms with Gasteiger partial charge in [0.25, 0.3) is 0 Å². The Hall–Kier alpha value is -2.32. The number of rotatable bonds is 5. The molecular formula is C16H18N4O3S. The van der Waals surface area contributed by atoms with Gasteiger partial charge in [0.1, 0.15) is 10.7 Å². The van der Waals surface area contributed by atoms with E-state index >= 15 is 0 Å². The number of carbonyl (C=O) groups is 1. The fourth-order valence-electron chi connectivity index (χ4n) is 2.36. The van der Waals surface area contributed by atoms with E-state index in [0.717, 1.165) is 49.3 Å². The maximum atomic E-state index is 11.5. The first-order valence-electron chi connectivity index (χ1n) is 7.56. The summed E-state index contributed by atoms with van der Waals surface area (Å²) in [6, 6.07) is 7.82. The summed E-state index contributed by atoms with van der Waals surface area (Å²) in [4.78, 5) is 18.0. The van der Waals surface area contributed by atoms with Crippen LogP contribution in [0.15, 0.2) is 34.3 Å². The second-order valence-electron chi connectivity index (χ2n) is 5.31. The van der Waals surface area contributed by atoms with Crippen LogP contribution in [0.5, 0.6) is 0 Å². The second-order valence-corrected chi connectivity index (χ2v) is 6.32. The maximum Gasteiger partial charge on any atom is 0.342 e. The van der Waals surface area contributed by atoms with Gasteiger partial charge >= 0.3 is 5.97 Å². The van der Waals surface area contributed by atoms with E-state index in [1.54, 1.807) is 13.0 Å². The third-order valence-electron chi connectivity index (χ3n) is 3.56. The lowest BCUT2D eigenvalue weighted by atomic mass is 10.1. The summed E-state index contributed by atoms with van der Waals surface area (Å²) >= 11 is 1.03. The van der Waals surface area contributed by atoms with Crippen LogP contribution in [0.1, 0.15) is 11.4 Å². The Kier molecular flexibility index (Phi) is 5.17. The van der Waals surface area contributed by atoms with Crippen molar-refractivity contribution in [2.24, 2.45) is 0 Å². The molecule has 1 fully saturated rings. The lowest BCUT2D eigenvalue weighted by Crippen LogP contribution is -2.36. The van der Waals surface area contributed by atoms with E-state index < -0.39 is 5.97 Å². The van der Waals surface area contributed by atoms with Gasteiger partial charge in [-0.1, -0.05) is 12.1 Å². The van der Waals surface area contributed by atoms with Crippen molar-refractivity contribution in [2.45, 2.75) is 12.1 Å². The number of hydrogen-bond donors (Lipinski definition) is 2. The zero-order valence-corrected chi connectivity index (χ0v) is 14.0. The summed E-state index contributed by atoms with van der Waals surface area (Å²) in [5.74, 6) is -0.350. The number of aromatic nitrogens is 3. The third-order valence-corrected chi connectivity index (χ3v) is 4.43. The quantitative estimate of drug-likeness (QED) is 0.633. The molecule has 1 aromatic heterocycles.